The summed E-state index contributed by atoms with van der Waals surface area (Å²) in [5.74, 6) is 2.28. The molecule has 1 aromatic carbocycles. The van der Waals surface area contributed by atoms with Crippen molar-refractivity contribution in [2.75, 3.05) is 38.7 Å². The van der Waals surface area contributed by atoms with Gasteiger partial charge < -0.3 is 30.8 Å². The largest absolute Gasteiger partial charge is 0.496 e. The first-order chi connectivity index (χ1) is 15.7. The fraction of sp³-hybridized carbons (Fsp3) is 0.409. The van der Waals surface area contributed by atoms with Crippen molar-refractivity contribution in [2.24, 2.45) is 5.73 Å². The first-order valence-corrected chi connectivity index (χ1v) is 10.8. The molecule has 0 bridgehead atoms. The molecule has 0 radical (unpaired) electrons. The predicted octanol–water partition coefficient (Wildman–Crippen LogP) is 2.40. The van der Waals surface area contributed by atoms with Crippen LogP contribution in [-0.4, -0.2) is 53.5 Å². The number of aromatic nitrogens is 4. The molecule has 0 amide bonds. The predicted molar refractivity (Wildman–Crippen MR) is 125 cm³/mol. The van der Waals surface area contributed by atoms with Gasteiger partial charge >= 0.3 is 0 Å². The van der Waals surface area contributed by atoms with Crippen molar-refractivity contribution >= 4 is 11.6 Å². The molecule has 3 heterocycles. The highest BCUT2D eigenvalue weighted by Crippen LogP contribution is 2.38. The lowest BCUT2D eigenvalue weighted by Gasteiger charge is -2.13. The van der Waals surface area contributed by atoms with E-state index in [1.165, 1.54) is 44.7 Å². The van der Waals surface area contributed by atoms with E-state index < -0.39 is 0 Å². The Labute approximate surface area is 186 Å². The molecule has 1 aliphatic heterocycles. The molecule has 0 saturated carbocycles. The molecule has 0 spiro atoms. The zero-order chi connectivity index (χ0) is 22.6. The maximum Gasteiger partial charge on any atom is 0.267 e. The molecule has 4 rings (SSSR count). The standard InChI is InChI=1S/C17H20N6O3.C5H11N/c1-25-12-4-2-5-13(26-7-3-6-18)17(12)11-8-14(23-22-11)20-15-9-19-10-16(24)21-15;1-2-4-6-5-3-1/h2,4-5,8-10H,3,6-7,18H2,1H3,(H3,20,21,22,23,24);6H,1-5H2. The van der Waals surface area contributed by atoms with Crippen molar-refractivity contribution in [3.05, 3.63) is 47.0 Å². The highest BCUT2D eigenvalue weighted by Gasteiger charge is 2.16. The van der Waals surface area contributed by atoms with E-state index in [9.17, 15) is 4.79 Å². The topological polar surface area (TPSA) is 143 Å². The van der Waals surface area contributed by atoms with Crippen LogP contribution in [0.2, 0.25) is 0 Å². The summed E-state index contributed by atoms with van der Waals surface area (Å²) in [4.78, 5) is 17.8. The number of nitrogens with two attached hydrogens (primary N) is 1. The molecule has 3 aromatic rings. The van der Waals surface area contributed by atoms with Gasteiger partial charge in [-0.05, 0) is 51.0 Å². The number of piperidine rings is 1. The number of rotatable bonds is 8. The number of ether oxygens (including phenoxy) is 2. The maximum atomic E-state index is 11.3. The van der Waals surface area contributed by atoms with Gasteiger partial charge in [0.2, 0.25) is 0 Å². The molecule has 10 nitrogen and oxygen atoms in total. The Kier molecular flexibility index (Phi) is 9.08. The molecule has 0 unspecified atom stereocenters. The first kappa shape index (κ1) is 23.3. The third kappa shape index (κ3) is 6.82. The molecule has 0 aliphatic carbocycles. The molecule has 2 aromatic heterocycles. The molecular weight excluding hydrogens is 410 g/mol. The highest BCUT2D eigenvalue weighted by atomic mass is 16.5. The van der Waals surface area contributed by atoms with Crippen LogP contribution in [0.3, 0.4) is 0 Å². The summed E-state index contributed by atoms with van der Waals surface area (Å²) >= 11 is 0. The fourth-order valence-electron chi connectivity index (χ4n) is 3.23. The number of methoxy groups -OCH3 is 1. The Morgan fingerprint density at radius 2 is 1.97 bits per heavy atom. The quantitative estimate of drug-likeness (QED) is 0.335. The summed E-state index contributed by atoms with van der Waals surface area (Å²) in [6, 6.07) is 7.35. The van der Waals surface area contributed by atoms with E-state index in [-0.39, 0.29) is 5.56 Å². The average Bonchev–Trinajstić information content (AvgIpc) is 3.28. The smallest absolute Gasteiger partial charge is 0.267 e. The van der Waals surface area contributed by atoms with Crippen molar-refractivity contribution in [2.45, 2.75) is 25.7 Å². The molecule has 0 atom stereocenters. The number of benzene rings is 1. The Morgan fingerprint density at radius 1 is 1.16 bits per heavy atom. The van der Waals surface area contributed by atoms with E-state index >= 15 is 0 Å². The first-order valence-electron chi connectivity index (χ1n) is 10.8. The lowest BCUT2D eigenvalue weighted by Crippen LogP contribution is -2.21. The minimum atomic E-state index is -0.300. The van der Waals surface area contributed by atoms with Crippen molar-refractivity contribution in [1.29, 1.82) is 0 Å². The van der Waals surface area contributed by atoms with E-state index in [1.807, 2.05) is 18.2 Å². The normalized spacial score (nSPS) is 13.1. The second kappa shape index (κ2) is 12.5. The molecule has 6 N–H and O–H groups in total. The van der Waals surface area contributed by atoms with Crippen molar-refractivity contribution < 1.29 is 9.47 Å². The number of H-pyrrole nitrogens is 2. The minimum absolute atomic E-state index is 0.300. The van der Waals surface area contributed by atoms with E-state index in [2.05, 4.69) is 30.8 Å². The third-order valence-electron chi connectivity index (χ3n) is 4.78. The van der Waals surface area contributed by atoms with Crippen LogP contribution in [0.15, 0.2) is 41.5 Å². The molecule has 10 heteroatoms. The monoisotopic (exact) mass is 441 g/mol. The lowest BCUT2D eigenvalue weighted by atomic mass is 10.1. The summed E-state index contributed by atoms with van der Waals surface area (Å²) in [7, 11) is 1.60. The van der Waals surface area contributed by atoms with E-state index in [1.54, 1.807) is 13.2 Å². The van der Waals surface area contributed by atoms with Gasteiger partial charge in [-0.15, -0.1) is 0 Å². The Bertz CT molecular complexity index is 1000. The molecule has 32 heavy (non-hydrogen) atoms. The number of aromatic amines is 2. The van der Waals surface area contributed by atoms with Crippen LogP contribution in [0.1, 0.15) is 25.7 Å². The molecule has 1 fully saturated rings. The summed E-state index contributed by atoms with van der Waals surface area (Å²) in [6.45, 7) is 3.56. The SMILES string of the molecule is C1CCNCC1.COc1cccc(OCCCN)c1-c1cc(Nc2cncc(=O)[nH]2)n[nH]1. The van der Waals surface area contributed by atoms with Crippen LogP contribution >= 0.6 is 0 Å². The second-order valence-electron chi connectivity index (χ2n) is 7.24. The fourth-order valence-corrected chi connectivity index (χ4v) is 3.23. The molecule has 1 saturated heterocycles. The number of anilines is 2. The van der Waals surface area contributed by atoms with Gasteiger partial charge in [-0.3, -0.25) is 14.9 Å². The van der Waals surface area contributed by atoms with Crippen LogP contribution in [0.5, 0.6) is 11.5 Å². The van der Waals surface area contributed by atoms with Crippen molar-refractivity contribution in [3.8, 4) is 22.8 Å². The van der Waals surface area contributed by atoms with Gasteiger partial charge in [0.1, 0.15) is 17.3 Å². The van der Waals surface area contributed by atoms with Crippen LogP contribution in [0.4, 0.5) is 11.6 Å². The van der Waals surface area contributed by atoms with Gasteiger partial charge in [0, 0.05) is 6.07 Å². The second-order valence-corrected chi connectivity index (χ2v) is 7.24. The Balaban J connectivity index is 0.000000416. The van der Waals surface area contributed by atoms with E-state index in [0.29, 0.717) is 42.0 Å². The van der Waals surface area contributed by atoms with Crippen LogP contribution in [-0.2, 0) is 0 Å². The van der Waals surface area contributed by atoms with Gasteiger partial charge in [-0.2, -0.15) is 5.10 Å². The third-order valence-corrected chi connectivity index (χ3v) is 4.78. The highest BCUT2D eigenvalue weighted by molar-refractivity contribution is 5.76. The van der Waals surface area contributed by atoms with E-state index in [0.717, 1.165) is 12.0 Å². The zero-order valence-electron chi connectivity index (χ0n) is 18.3. The number of hydrogen-bond donors (Lipinski definition) is 5. The van der Waals surface area contributed by atoms with Gasteiger partial charge in [0.05, 0.1) is 37.4 Å². The maximum absolute atomic E-state index is 11.3. The minimum Gasteiger partial charge on any atom is -0.496 e. The summed E-state index contributed by atoms with van der Waals surface area (Å²) in [5, 5.41) is 13.4. The molecule has 172 valence electrons. The van der Waals surface area contributed by atoms with Crippen molar-refractivity contribution in [1.82, 2.24) is 25.5 Å². The summed E-state index contributed by atoms with van der Waals surface area (Å²) in [5.41, 5.74) is 6.69. The molecular formula is C22H31N7O3. The number of nitrogens with one attached hydrogen (secondary N) is 4. The Hall–Kier alpha value is -3.37. The van der Waals surface area contributed by atoms with Gasteiger partial charge in [0.25, 0.3) is 5.56 Å². The van der Waals surface area contributed by atoms with Gasteiger partial charge in [-0.1, -0.05) is 12.5 Å². The number of nitrogens with zero attached hydrogens (tertiary/aromatic N) is 2. The van der Waals surface area contributed by atoms with Crippen molar-refractivity contribution in [3.63, 3.8) is 0 Å². The Morgan fingerprint density at radius 3 is 2.62 bits per heavy atom. The molecule has 1 aliphatic rings. The van der Waals surface area contributed by atoms with Crippen LogP contribution in [0, 0.1) is 0 Å². The van der Waals surface area contributed by atoms with Crippen LogP contribution in [0.25, 0.3) is 11.3 Å². The van der Waals surface area contributed by atoms with Gasteiger partial charge in [0.15, 0.2) is 5.82 Å². The zero-order valence-corrected chi connectivity index (χ0v) is 18.3. The summed E-state index contributed by atoms with van der Waals surface area (Å²) in [6.07, 6.45) is 7.66. The lowest BCUT2D eigenvalue weighted by molar-refractivity contribution is 0.312. The summed E-state index contributed by atoms with van der Waals surface area (Å²) < 4.78 is 11.3. The number of hydrogen-bond acceptors (Lipinski definition) is 8. The average molecular weight is 442 g/mol. The van der Waals surface area contributed by atoms with Gasteiger partial charge in [-0.25, -0.2) is 0 Å². The van der Waals surface area contributed by atoms with Crippen LogP contribution < -0.4 is 31.4 Å². The van der Waals surface area contributed by atoms with E-state index in [4.69, 9.17) is 15.2 Å².